The second kappa shape index (κ2) is 4.25. The number of carboxylic acid groups (broad SMARTS) is 1. The highest BCUT2D eigenvalue weighted by Gasteiger charge is 2.08. The van der Waals surface area contributed by atoms with Crippen LogP contribution in [0.4, 0.5) is 0 Å². The normalized spacial score (nSPS) is 11.2. The van der Waals surface area contributed by atoms with Gasteiger partial charge in [-0.05, 0) is 5.56 Å². The minimum Gasteiger partial charge on any atom is -0.477 e. The van der Waals surface area contributed by atoms with Gasteiger partial charge in [0, 0.05) is 6.42 Å². The van der Waals surface area contributed by atoms with Crippen molar-refractivity contribution in [3.05, 3.63) is 35.9 Å². The highest BCUT2D eigenvalue weighted by Crippen LogP contribution is 2.00. The van der Waals surface area contributed by atoms with Crippen LogP contribution in [0.3, 0.4) is 0 Å². The summed E-state index contributed by atoms with van der Waals surface area (Å²) in [6.07, 6.45) is 0.257. The molecular weight excluding hydrogens is 168 g/mol. The Morgan fingerprint density at radius 1 is 1.38 bits per heavy atom. The lowest BCUT2D eigenvalue weighted by Gasteiger charge is -1.99. The van der Waals surface area contributed by atoms with Crippen molar-refractivity contribution in [2.24, 2.45) is 10.9 Å². The zero-order valence-corrected chi connectivity index (χ0v) is 6.97. The summed E-state index contributed by atoms with van der Waals surface area (Å²) >= 11 is 0. The summed E-state index contributed by atoms with van der Waals surface area (Å²) in [6.45, 7) is 0. The number of hydrogen-bond donors (Lipinski definition) is 2. The Kier molecular flexibility index (Phi) is 3.03. The highest BCUT2D eigenvalue weighted by molar-refractivity contribution is 6.36. The summed E-state index contributed by atoms with van der Waals surface area (Å²) in [4.78, 5) is 10.5. The van der Waals surface area contributed by atoms with E-state index in [9.17, 15) is 4.79 Å². The van der Waals surface area contributed by atoms with Crippen molar-refractivity contribution in [3.63, 3.8) is 0 Å². The van der Waals surface area contributed by atoms with Crippen LogP contribution in [0.5, 0.6) is 0 Å². The molecule has 1 rings (SSSR count). The van der Waals surface area contributed by atoms with Crippen molar-refractivity contribution in [3.8, 4) is 0 Å². The smallest absolute Gasteiger partial charge is 0.352 e. The summed E-state index contributed by atoms with van der Waals surface area (Å²) in [5.74, 6) is 3.85. The van der Waals surface area contributed by atoms with E-state index in [1.165, 1.54) is 0 Å². The highest BCUT2D eigenvalue weighted by atomic mass is 16.4. The van der Waals surface area contributed by atoms with E-state index in [2.05, 4.69) is 5.10 Å². The zero-order chi connectivity index (χ0) is 9.68. The number of nitrogens with two attached hydrogens (primary N) is 1. The molecule has 1 aromatic rings. The number of carbonyl (C=O) groups is 1. The van der Waals surface area contributed by atoms with Crippen LogP contribution in [-0.2, 0) is 11.2 Å². The number of carboxylic acids is 1. The fourth-order valence-corrected chi connectivity index (χ4v) is 0.966. The molecule has 0 unspecified atom stereocenters. The van der Waals surface area contributed by atoms with Crippen LogP contribution in [-0.4, -0.2) is 16.8 Å². The van der Waals surface area contributed by atoms with Crippen molar-refractivity contribution < 1.29 is 9.90 Å². The van der Waals surface area contributed by atoms with Crippen LogP contribution in [0, 0.1) is 0 Å². The van der Waals surface area contributed by atoms with Gasteiger partial charge in [-0.1, -0.05) is 30.3 Å². The van der Waals surface area contributed by atoms with Gasteiger partial charge in [-0.15, -0.1) is 0 Å². The molecule has 0 fully saturated rings. The molecule has 0 aromatic heterocycles. The lowest BCUT2D eigenvalue weighted by atomic mass is 10.1. The van der Waals surface area contributed by atoms with Gasteiger partial charge in [0.05, 0.1) is 0 Å². The van der Waals surface area contributed by atoms with E-state index in [4.69, 9.17) is 10.9 Å². The summed E-state index contributed by atoms with van der Waals surface area (Å²) < 4.78 is 0. The molecule has 0 saturated carbocycles. The molecule has 4 nitrogen and oxygen atoms in total. The monoisotopic (exact) mass is 178 g/mol. The Balaban J connectivity index is 2.74. The van der Waals surface area contributed by atoms with Crippen LogP contribution in [0.2, 0.25) is 0 Å². The van der Waals surface area contributed by atoms with E-state index in [0.717, 1.165) is 5.56 Å². The first-order valence-corrected chi connectivity index (χ1v) is 3.78. The molecular formula is C9H10N2O2. The molecule has 13 heavy (non-hydrogen) atoms. The fourth-order valence-electron chi connectivity index (χ4n) is 0.966. The maximum absolute atomic E-state index is 10.5. The fraction of sp³-hybridized carbons (Fsp3) is 0.111. The van der Waals surface area contributed by atoms with E-state index in [0.29, 0.717) is 0 Å². The van der Waals surface area contributed by atoms with Gasteiger partial charge in [-0.25, -0.2) is 4.79 Å². The summed E-state index contributed by atoms with van der Waals surface area (Å²) in [7, 11) is 0. The average Bonchev–Trinajstić information content (AvgIpc) is 2.15. The molecule has 0 aliphatic carbocycles. The van der Waals surface area contributed by atoms with E-state index in [-0.39, 0.29) is 12.1 Å². The second-order valence-corrected chi connectivity index (χ2v) is 2.54. The Labute approximate surface area is 75.7 Å². The number of hydrazone groups is 1. The molecule has 0 atom stereocenters. The molecule has 3 N–H and O–H groups in total. The van der Waals surface area contributed by atoms with Gasteiger partial charge in [-0.2, -0.15) is 5.10 Å². The molecule has 68 valence electrons. The topological polar surface area (TPSA) is 75.7 Å². The van der Waals surface area contributed by atoms with E-state index < -0.39 is 5.97 Å². The molecule has 0 bridgehead atoms. The van der Waals surface area contributed by atoms with Crippen LogP contribution in [0.1, 0.15) is 5.56 Å². The Morgan fingerprint density at radius 2 is 2.00 bits per heavy atom. The first kappa shape index (κ1) is 9.25. The van der Waals surface area contributed by atoms with Gasteiger partial charge in [0.1, 0.15) is 5.71 Å². The molecule has 0 spiro atoms. The lowest BCUT2D eigenvalue weighted by molar-refractivity contribution is -0.129. The number of benzene rings is 1. The predicted octanol–water partition coefficient (Wildman–Crippen LogP) is 0.628. The zero-order valence-electron chi connectivity index (χ0n) is 6.97. The SMILES string of the molecule is N/N=C(/Cc1ccccc1)C(=O)O. The van der Waals surface area contributed by atoms with Gasteiger partial charge in [-0.3, -0.25) is 0 Å². The third kappa shape index (κ3) is 2.59. The largest absolute Gasteiger partial charge is 0.477 e. The van der Waals surface area contributed by atoms with Crippen molar-refractivity contribution in [1.82, 2.24) is 0 Å². The van der Waals surface area contributed by atoms with E-state index in [1.807, 2.05) is 30.3 Å². The number of aliphatic carboxylic acids is 1. The maximum Gasteiger partial charge on any atom is 0.352 e. The van der Waals surface area contributed by atoms with Crippen LogP contribution < -0.4 is 5.84 Å². The first-order chi connectivity index (χ1) is 6.24. The van der Waals surface area contributed by atoms with Crippen molar-refractivity contribution in [2.45, 2.75) is 6.42 Å². The molecule has 4 heteroatoms. The maximum atomic E-state index is 10.5. The first-order valence-electron chi connectivity index (χ1n) is 3.78. The summed E-state index contributed by atoms with van der Waals surface area (Å²) in [5, 5.41) is 11.8. The van der Waals surface area contributed by atoms with E-state index >= 15 is 0 Å². The van der Waals surface area contributed by atoms with Crippen molar-refractivity contribution >= 4 is 11.7 Å². The van der Waals surface area contributed by atoms with Crippen molar-refractivity contribution in [2.75, 3.05) is 0 Å². The molecule has 0 aliphatic rings. The number of nitrogens with zero attached hydrogens (tertiary/aromatic N) is 1. The standard InChI is InChI=1S/C9H10N2O2/c10-11-8(9(12)13)6-7-4-2-1-3-5-7/h1-5H,6,10H2,(H,12,13)/b11-8-. The molecule has 1 aromatic carbocycles. The number of rotatable bonds is 3. The molecule has 0 saturated heterocycles. The quantitative estimate of drug-likeness (QED) is 0.405. The second-order valence-electron chi connectivity index (χ2n) is 2.54. The molecule has 0 radical (unpaired) electrons. The third-order valence-electron chi connectivity index (χ3n) is 1.62. The summed E-state index contributed by atoms with van der Waals surface area (Å²) in [5.41, 5.74) is 0.848. The Hall–Kier alpha value is -1.84. The van der Waals surface area contributed by atoms with Gasteiger partial charge >= 0.3 is 5.97 Å². The van der Waals surface area contributed by atoms with E-state index in [1.54, 1.807) is 0 Å². The number of hydrogen-bond acceptors (Lipinski definition) is 3. The van der Waals surface area contributed by atoms with Gasteiger partial charge in [0.25, 0.3) is 0 Å². The van der Waals surface area contributed by atoms with Gasteiger partial charge in [0.2, 0.25) is 0 Å². The average molecular weight is 178 g/mol. The minimum absolute atomic E-state index is 0.0359. The predicted molar refractivity (Wildman–Crippen MR) is 49.4 cm³/mol. The minimum atomic E-state index is -1.08. The Morgan fingerprint density at radius 3 is 2.46 bits per heavy atom. The lowest BCUT2D eigenvalue weighted by Crippen LogP contribution is -2.17. The molecule has 0 heterocycles. The van der Waals surface area contributed by atoms with Gasteiger partial charge < -0.3 is 10.9 Å². The van der Waals surface area contributed by atoms with Crippen LogP contribution in [0.25, 0.3) is 0 Å². The van der Waals surface area contributed by atoms with Gasteiger partial charge in [0.15, 0.2) is 0 Å². The molecule has 0 aliphatic heterocycles. The van der Waals surface area contributed by atoms with Crippen LogP contribution in [0.15, 0.2) is 35.4 Å². The third-order valence-corrected chi connectivity index (χ3v) is 1.62. The molecule has 0 amide bonds. The van der Waals surface area contributed by atoms with Crippen molar-refractivity contribution in [1.29, 1.82) is 0 Å². The summed E-state index contributed by atoms with van der Waals surface area (Å²) in [6, 6.07) is 9.20. The Bertz CT molecular complexity index is 320. The van der Waals surface area contributed by atoms with Crippen LogP contribution >= 0.6 is 0 Å².